The van der Waals surface area contributed by atoms with Gasteiger partial charge in [-0.15, -0.1) is 0 Å². The number of carbonyl (C=O) groups excluding carboxylic acids is 2. The van der Waals surface area contributed by atoms with Crippen molar-refractivity contribution in [2.45, 2.75) is 19.8 Å². The molecule has 0 saturated carbocycles. The normalized spacial score (nSPS) is 24.0. The number of amides is 2. The monoisotopic (exact) mass is 322 g/mol. The van der Waals surface area contributed by atoms with Gasteiger partial charge in [0.05, 0.1) is 17.4 Å². The van der Waals surface area contributed by atoms with E-state index in [4.69, 9.17) is 0 Å². The van der Waals surface area contributed by atoms with Crippen molar-refractivity contribution >= 4 is 27.5 Å². The Morgan fingerprint density at radius 2 is 1.73 bits per heavy atom. The van der Waals surface area contributed by atoms with Gasteiger partial charge in [-0.1, -0.05) is 6.92 Å². The lowest BCUT2D eigenvalue weighted by Gasteiger charge is -2.17. The van der Waals surface area contributed by atoms with Crippen molar-refractivity contribution in [1.29, 1.82) is 0 Å². The number of hydrogen-bond acceptors (Lipinski definition) is 4. The zero-order valence-electron chi connectivity index (χ0n) is 12.4. The maximum absolute atomic E-state index is 12.3. The number of anilines is 1. The van der Waals surface area contributed by atoms with E-state index in [0.29, 0.717) is 11.3 Å². The summed E-state index contributed by atoms with van der Waals surface area (Å²) in [6, 6.07) is 6.22. The molecule has 0 aliphatic carbocycles. The molecule has 2 amide bonds. The Labute approximate surface area is 129 Å². The van der Waals surface area contributed by atoms with E-state index < -0.39 is 21.8 Å². The zero-order chi connectivity index (χ0) is 15.9. The average Bonchev–Trinajstić information content (AvgIpc) is 3.06. The Morgan fingerprint density at radius 3 is 2.23 bits per heavy atom. The van der Waals surface area contributed by atoms with Gasteiger partial charge < -0.3 is 4.90 Å². The number of hydrogen-bond donors (Lipinski definition) is 0. The molecule has 1 aromatic rings. The van der Waals surface area contributed by atoms with Gasteiger partial charge in [0.25, 0.3) is 5.91 Å². The summed E-state index contributed by atoms with van der Waals surface area (Å²) in [6.07, 6.45) is 2.03. The minimum atomic E-state index is -3.60. The van der Waals surface area contributed by atoms with Crippen LogP contribution in [0.5, 0.6) is 0 Å². The molecule has 2 saturated heterocycles. The van der Waals surface area contributed by atoms with Crippen molar-refractivity contribution in [3.8, 4) is 0 Å². The Hall–Kier alpha value is -1.89. The molecular formula is C15H18N2O4S. The van der Waals surface area contributed by atoms with Crippen molar-refractivity contribution in [2.75, 3.05) is 23.1 Å². The van der Waals surface area contributed by atoms with E-state index in [1.807, 2.05) is 0 Å². The van der Waals surface area contributed by atoms with Gasteiger partial charge in [0.1, 0.15) is 0 Å². The Morgan fingerprint density at radius 1 is 1.14 bits per heavy atom. The summed E-state index contributed by atoms with van der Waals surface area (Å²) in [7, 11) is -3.60. The van der Waals surface area contributed by atoms with Gasteiger partial charge in [-0.05, 0) is 37.1 Å². The van der Waals surface area contributed by atoms with E-state index in [1.165, 1.54) is 12.1 Å². The third-order valence-corrected chi connectivity index (χ3v) is 5.97. The summed E-state index contributed by atoms with van der Waals surface area (Å²) in [4.78, 5) is 26.1. The number of sulfonamides is 1. The van der Waals surface area contributed by atoms with Crippen LogP contribution in [0.15, 0.2) is 24.3 Å². The maximum atomic E-state index is 12.3. The summed E-state index contributed by atoms with van der Waals surface area (Å²) in [5.41, 5.74) is 0.815. The first kappa shape index (κ1) is 15.0. The van der Waals surface area contributed by atoms with E-state index in [2.05, 4.69) is 0 Å². The molecule has 3 rings (SSSR count). The van der Waals surface area contributed by atoms with Crippen molar-refractivity contribution in [2.24, 2.45) is 5.92 Å². The molecule has 2 aliphatic rings. The molecule has 2 aliphatic heterocycles. The number of carbonyl (C=O) groups is 2. The Kier molecular flexibility index (Phi) is 3.68. The first-order valence-electron chi connectivity index (χ1n) is 7.36. The van der Waals surface area contributed by atoms with Gasteiger partial charge >= 0.3 is 0 Å². The average molecular weight is 322 g/mol. The highest BCUT2D eigenvalue weighted by Crippen LogP contribution is 2.28. The topological polar surface area (TPSA) is 74.8 Å². The Bertz CT molecular complexity index is 706. The van der Waals surface area contributed by atoms with E-state index >= 15 is 0 Å². The van der Waals surface area contributed by atoms with E-state index in [1.54, 1.807) is 24.0 Å². The summed E-state index contributed by atoms with van der Waals surface area (Å²) in [6.45, 7) is 3.12. The van der Waals surface area contributed by atoms with Crippen molar-refractivity contribution in [3.05, 3.63) is 29.8 Å². The number of likely N-dealkylation sites (tertiary alicyclic amines) is 1. The second kappa shape index (κ2) is 5.39. The quantitative estimate of drug-likeness (QED) is 0.821. The molecule has 1 unspecified atom stereocenters. The fourth-order valence-corrected chi connectivity index (χ4v) is 4.75. The largest absolute Gasteiger partial charge is 0.339 e. The minimum absolute atomic E-state index is 0.0481. The van der Waals surface area contributed by atoms with Crippen LogP contribution >= 0.6 is 0 Å². The summed E-state index contributed by atoms with van der Waals surface area (Å²) >= 11 is 0. The molecule has 2 fully saturated rings. The SMILES string of the molecule is CC1CS(=O)(=O)N(c2ccc(C(=O)N3CCCC3)cc2)C1=O. The lowest BCUT2D eigenvalue weighted by Crippen LogP contribution is -2.30. The highest BCUT2D eigenvalue weighted by molar-refractivity contribution is 7.94. The van der Waals surface area contributed by atoms with E-state index in [-0.39, 0.29) is 11.7 Å². The maximum Gasteiger partial charge on any atom is 0.253 e. The van der Waals surface area contributed by atoms with Crippen LogP contribution in [0.2, 0.25) is 0 Å². The molecule has 118 valence electrons. The third kappa shape index (κ3) is 2.49. The van der Waals surface area contributed by atoms with Gasteiger partial charge in [0, 0.05) is 18.7 Å². The molecule has 6 nitrogen and oxygen atoms in total. The van der Waals surface area contributed by atoms with E-state index in [9.17, 15) is 18.0 Å². The molecular weight excluding hydrogens is 304 g/mol. The molecule has 0 bridgehead atoms. The van der Waals surface area contributed by atoms with Gasteiger partial charge in [0.2, 0.25) is 15.9 Å². The van der Waals surface area contributed by atoms with Gasteiger partial charge in [-0.25, -0.2) is 12.7 Å². The van der Waals surface area contributed by atoms with Crippen LogP contribution in [-0.4, -0.2) is 44.0 Å². The lowest BCUT2D eigenvalue weighted by atomic mass is 10.1. The van der Waals surface area contributed by atoms with Crippen molar-refractivity contribution < 1.29 is 18.0 Å². The molecule has 1 atom stereocenters. The molecule has 2 heterocycles. The highest BCUT2D eigenvalue weighted by Gasteiger charge is 2.41. The molecule has 7 heteroatoms. The fraction of sp³-hybridized carbons (Fsp3) is 0.467. The summed E-state index contributed by atoms with van der Waals surface area (Å²) in [5.74, 6) is -1.16. The second-order valence-electron chi connectivity index (χ2n) is 5.83. The van der Waals surface area contributed by atoms with Gasteiger partial charge in [0.15, 0.2) is 0 Å². The molecule has 1 aromatic carbocycles. The molecule has 0 N–H and O–H groups in total. The van der Waals surface area contributed by atoms with Crippen molar-refractivity contribution in [1.82, 2.24) is 4.90 Å². The van der Waals surface area contributed by atoms with Crippen LogP contribution in [0, 0.1) is 5.92 Å². The van der Waals surface area contributed by atoms with E-state index in [0.717, 1.165) is 30.2 Å². The first-order chi connectivity index (χ1) is 10.4. The standard InChI is InChI=1S/C15H18N2O4S/c1-11-10-22(20,21)17(14(11)18)13-6-4-12(5-7-13)15(19)16-8-2-3-9-16/h4-7,11H,2-3,8-10H2,1H3. The number of nitrogens with zero attached hydrogens (tertiary/aromatic N) is 2. The predicted octanol–water partition coefficient (Wildman–Crippen LogP) is 1.24. The summed E-state index contributed by atoms with van der Waals surface area (Å²) in [5, 5.41) is 0. The zero-order valence-corrected chi connectivity index (χ0v) is 13.2. The first-order valence-corrected chi connectivity index (χ1v) is 8.97. The van der Waals surface area contributed by atoms with Crippen LogP contribution in [0.1, 0.15) is 30.1 Å². The minimum Gasteiger partial charge on any atom is -0.339 e. The predicted molar refractivity (Wildman–Crippen MR) is 82.0 cm³/mol. The van der Waals surface area contributed by atoms with Crippen LogP contribution in [0.3, 0.4) is 0 Å². The van der Waals surface area contributed by atoms with Gasteiger partial charge in [-0.3, -0.25) is 9.59 Å². The second-order valence-corrected chi connectivity index (χ2v) is 7.69. The number of rotatable bonds is 2. The van der Waals surface area contributed by atoms with Gasteiger partial charge in [-0.2, -0.15) is 0 Å². The van der Waals surface area contributed by atoms with Crippen LogP contribution in [0.4, 0.5) is 5.69 Å². The van der Waals surface area contributed by atoms with Crippen molar-refractivity contribution in [3.63, 3.8) is 0 Å². The fourth-order valence-electron chi connectivity index (χ4n) is 2.93. The number of benzene rings is 1. The van der Waals surface area contributed by atoms with Crippen LogP contribution < -0.4 is 4.31 Å². The molecule has 0 radical (unpaired) electrons. The highest BCUT2D eigenvalue weighted by atomic mass is 32.2. The molecule has 0 aromatic heterocycles. The lowest BCUT2D eigenvalue weighted by molar-refractivity contribution is -0.119. The van der Waals surface area contributed by atoms with Crippen LogP contribution in [0.25, 0.3) is 0 Å². The Balaban J connectivity index is 1.85. The molecule has 0 spiro atoms. The smallest absolute Gasteiger partial charge is 0.253 e. The third-order valence-electron chi connectivity index (χ3n) is 4.10. The van der Waals surface area contributed by atoms with Crippen LogP contribution in [-0.2, 0) is 14.8 Å². The molecule has 22 heavy (non-hydrogen) atoms. The summed E-state index contributed by atoms with van der Waals surface area (Å²) < 4.78 is 24.9.